The summed E-state index contributed by atoms with van der Waals surface area (Å²) in [6, 6.07) is -0.746. The molecule has 0 saturated heterocycles. The molecule has 0 aromatic carbocycles. The van der Waals surface area contributed by atoms with Gasteiger partial charge in [0.15, 0.2) is 6.10 Å². The highest BCUT2D eigenvalue weighted by atomic mass is 16.6. The Hall–Kier alpha value is -3.75. The van der Waals surface area contributed by atoms with Crippen LogP contribution in [0.3, 0.4) is 0 Å². The minimum absolute atomic E-state index is 0.00208. The van der Waals surface area contributed by atoms with Crippen molar-refractivity contribution in [2.45, 2.75) is 109 Å². The fourth-order valence-electron chi connectivity index (χ4n) is 4.57. The van der Waals surface area contributed by atoms with Crippen LogP contribution in [0, 0.1) is 0 Å². The third kappa shape index (κ3) is 30.3. The summed E-state index contributed by atoms with van der Waals surface area (Å²) in [6.45, 7) is 4.23. The lowest BCUT2D eigenvalue weighted by atomic mass is 10.1. The highest BCUT2D eigenvalue weighted by Crippen LogP contribution is 2.11. The van der Waals surface area contributed by atoms with Crippen LogP contribution in [0.1, 0.15) is 97.3 Å². The van der Waals surface area contributed by atoms with E-state index >= 15 is 0 Å². The molecule has 0 aliphatic heterocycles. The largest absolute Gasteiger partial charge is 0.544 e. The van der Waals surface area contributed by atoms with Crippen molar-refractivity contribution in [3.05, 3.63) is 97.2 Å². The van der Waals surface area contributed by atoms with Crippen molar-refractivity contribution in [1.82, 2.24) is 0 Å². The molecule has 0 amide bonds. The fourth-order valence-corrected chi connectivity index (χ4v) is 4.57. The van der Waals surface area contributed by atoms with Gasteiger partial charge in [0.25, 0.3) is 0 Å². The van der Waals surface area contributed by atoms with E-state index in [-0.39, 0.29) is 43.1 Å². The molecular weight excluding hydrogens is 630 g/mol. The van der Waals surface area contributed by atoms with Crippen LogP contribution >= 0.6 is 0 Å². The first-order valence-electron chi connectivity index (χ1n) is 18.4. The summed E-state index contributed by atoms with van der Waals surface area (Å²) in [5.74, 6) is -1.88. The highest BCUT2D eigenvalue weighted by molar-refractivity contribution is 5.70. The van der Waals surface area contributed by atoms with Crippen LogP contribution in [0.2, 0.25) is 0 Å². The van der Waals surface area contributed by atoms with E-state index in [2.05, 4.69) is 44.2 Å². The average Bonchev–Trinajstić information content (AvgIpc) is 3.06. The van der Waals surface area contributed by atoms with Gasteiger partial charge in [-0.15, -0.1) is 0 Å². The Bertz CT molecular complexity index is 1140. The molecule has 0 spiro atoms. The Morgan fingerprint density at radius 3 is 1.62 bits per heavy atom. The number of ether oxygens (including phenoxy) is 3. The van der Waals surface area contributed by atoms with Gasteiger partial charge in [-0.25, -0.2) is 0 Å². The van der Waals surface area contributed by atoms with E-state index in [1.54, 1.807) is 21.1 Å². The number of allylic oxidation sites excluding steroid dienone is 16. The minimum Gasteiger partial charge on any atom is -0.544 e. The number of esters is 2. The molecule has 0 saturated carbocycles. The normalized spacial score (nSPS) is 14.2. The maximum atomic E-state index is 12.6. The van der Waals surface area contributed by atoms with E-state index in [9.17, 15) is 19.5 Å². The second kappa shape index (κ2) is 32.5. The highest BCUT2D eigenvalue weighted by Gasteiger charge is 2.25. The second-order valence-electron chi connectivity index (χ2n) is 12.9. The first-order valence-corrected chi connectivity index (χ1v) is 18.4. The Labute approximate surface area is 303 Å². The fraction of sp³-hybridized carbons (Fsp3) is 0.548. The van der Waals surface area contributed by atoms with Gasteiger partial charge in [-0.05, 0) is 44.9 Å². The van der Waals surface area contributed by atoms with Crippen LogP contribution in [0.25, 0.3) is 0 Å². The predicted molar refractivity (Wildman–Crippen MR) is 203 cm³/mol. The summed E-state index contributed by atoms with van der Waals surface area (Å²) in [7, 11) is 5.34. The molecule has 0 fully saturated rings. The lowest BCUT2D eigenvalue weighted by Crippen LogP contribution is -2.55. The van der Waals surface area contributed by atoms with Crippen molar-refractivity contribution < 1.29 is 38.2 Å². The molecular formula is C42H65NO7. The first-order chi connectivity index (χ1) is 24.1. The summed E-state index contributed by atoms with van der Waals surface area (Å²) < 4.78 is 17.0. The summed E-state index contributed by atoms with van der Waals surface area (Å²) in [5.41, 5.74) is 0. The third-order valence-corrected chi connectivity index (χ3v) is 7.41. The topological polar surface area (TPSA) is 102 Å². The van der Waals surface area contributed by atoms with Crippen molar-refractivity contribution in [2.24, 2.45) is 0 Å². The lowest BCUT2D eigenvalue weighted by molar-refractivity contribution is -0.889. The van der Waals surface area contributed by atoms with Crippen molar-refractivity contribution in [3.8, 4) is 0 Å². The van der Waals surface area contributed by atoms with E-state index in [0.29, 0.717) is 19.3 Å². The van der Waals surface area contributed by atoms with Crippen molar-refractivity contribution in [1.29, 1.82) is 0 Å². The summed E-state index contributed by atoms with van der Waals surface area (Å²) in [5, 5.41) is 11.6. The number of rotatable bonds is 30. The summed E-state index contributed by atoms with van der Waals surface area (Å²) in [4.78, 5) is 36.6. The Balaban J connectivity index is 4.63. The van der Waals surface area contributed by atoms with Gasteiger partial charge in [-0.3, -0.25) is 9.59 Å². The van der Waals surface area contributed by atoms with Gasteiger partial charge in [0.2, 0.25) is 0 Å². The quantitative estimate of drug-likeness (QED) is 0.0327. The van der Waals surface area contributed by atoms with Crippen LogP contribution in [-0.2, 0) is 28.6 Å². The van der Waals surface area contributed by atoms with Gasteiger partial charge in [-0.1, -0.05) is 130 Å². The van der Waals surface area contributed by atoms with E-state index in [1.807, 2.05) is 66.8 Å². The predicted octanol–water partition coefficient (Wildman–Crippen LogP) is 7.84. The zero-order valence-corrected chi connectivity index (χ0v) is 31.5. The molecule has 0 aliphatic carbocycles. The van der Waals surface area contributed by atoms with Gasteiger partial charge in [0, 0.05) is 19.3 Å². The van der Waals surface area contributed by atoms with Gasteiger partial charge in [0.1, 0.15) is 12.6 Å². The summed E-state index contributed by atoms with van der Waals surface area (Å²) in [6.07, 6.45) is 41.6. The van der Waals surface area contributed by atoms with Crippen LogP contribution < -0.4 is 5.11 Å². The molecule has 50 heavy (non-hydrogen) atoms. The Morgan fingerprint density at radius 1 is 0.600 bits per heavy atom. The number of aliphatic carboxylic acids is 1. The number of carbonyl (C=O) groups is 3. The van der Waals surface area contributed by atoms with Crippen LogP contribution in [0.4, 0.5) is 0 Å². The average molecular weight is 696 g/mol. The molecule has 0 aromatic rings. The molecule has 0 aliphatic rings. The van der Waals surface area contributed by atoms with Crippen LogP contribution in [-0.4, -0.2) is 75.5 Å². The number of likely N-dealkylation sites (N-methyl/N-ethyl adjacent to an activating group) is 1. The maximum Gasteiger partial charge on any atom is 0.306 e. The Kier molecular flexibility index (Phi) is 30.0. The Morgan fingerprint density at radius 2 is 1.08 bits per heavy atom. The number of nitrogens with zero attached hydrogens (tertiary/aromatic N) is 1. The van der Waals surface area contributed by atoms with Gasteiger partial charge < -0.3 is 28.6 Å². The molecule has 2 unspecified atom stereocenters. The van der Waals surface area contributed by atoms with Crippen LogP contribution in [0.15, 0.2) is 97.2 Å². The number of hydrogen-bond acceptors (Lipinski definition) is 7. The number of carboxylic acid groups (broad SMARTS) is 1. The van der Waals surface area contributed by atoms with E-state index in [0.717, 1.165) is 51.4 Å². The smallest absolute Gasteiger partial charge is 0.306 e. The number of quaternary nitrogens is 1. The molecule has 2 atom stereocenters. The molecule has 0 rings (SSSR count). The number of unbranched alkanes of at least 4 members (excludes halogenated alkanes) is 6. The van der Waals surface area contributed by atoms with Crippen molar-refractivity contribution >= 4 is 17.9 Å². The molecule has 0 N–H and O–H groups in total. The molecule has 0 radical (unpaired) electrons. The lowest BCUT2D eigenvalue weighted by Gasteiger charge is -2.34. The van der Waals surface area contributed by atoms with Crippen LogP contribution in [0.5, 0.6) is 0 Å². The van der Waals surface area contributed by atoms with E-state index in [1.165, 1.54) is 0 Å². The molecule has 0 bridgehead atoms. The SMILES string of the molecule is CC/C=C/C=C/C=C/C=C/C=C/CCCC(=O)OC(COCCC(C(=O)[O-])[N+](C)(C)C)COC(=O)CCCCCCC/C=C/C=C/C=C/CC. The van der Waals surface area contributed by atoms with Gasteiger partial charge in [-0.2, -0.15) is 0 Å². The number of carbonyl (C=O) groups excluding carboxylic acids is 3. The monoisotopic (exact) mass is 695 g/mol. The van der Waals surface area contributed by atoms with E-state index in [4.69, 9.17) is 14.2 Å². The van der Waals surface area contributed by atoms with Gasteiger partial charge >= 0.3 is 11.9 Å². The van der Waals surface area contributed by atoms with E-state index < -0.39 is 24.1 Å². The van der Waals surface area contributed by atoms with Crippen molar-refractivity contribution in [2.75, 3.05) is 41.0 Å². The molecule has 8 nitrogen and oxygen atoms in total. The zero-order valence-electron chi connectivity index (χ0n) is 31.5. The third-order valence-electron chi connectivity index (χ3n) is 7.41. The number of carboxylic acids is 1. The molecule has 8 heteroatoms. The minimum atomic E-state index is -1.15. The maximum absolute atomic E-state index is 12.6. The van der Waals surface area contributed by atoms with Crippen molar-refractivity contribution in [3.63, 3.8) is 0 Å². The summed E-state index contributed by atoms with van der Waals surface area (Å²) >= 11 is 0. The van der Waals surface area contributed by atoms with Gasteiger partial charge in [0.05, 0.1) is 40.3 Å². The molecule has 280 valence electrons. The zero-order chi connectivity index (χ0) is 37.1. The molecule has 0 heterocycles. The first kappa shape index (κ1) is 46.2. The number of hydrogen-bond donors (Lipinski definition) is 0. The molecule has 0 aromatic heterocycles. The second-order valence-corrected chi connectivity index (χ2v) is 12.9. The standard InChI is InChI=1S/C42H65NO7/c1-6-8-10-12-14-16-18-20-22-24-26-28-30-32-40(44)49-37-38(36-48-35-34-39(42(46)47)43(3,4)5)50-41(45)33-31-29-27-25-23-21-19-17-15-13-11-9-7-2/h8-19,21,23,25,27,38-39H,6-7,20,22,24,26,28-37H2,1-5H3/b10-8+,11-9+,14-12+,15-13+,18-16+,19-17+,23-21+,27-25+.